The van der Waals surface area contributed by atoms with Gasteiger partial charge in [0.1, 0.15) is 11.5 Å². The van der Waals surface area contributed by atoms with Gasteiger partial charge in [-0.05, 0) is 36.6 Å². The van der Waals surface area contributed by atoms with Crippen LogP contribution in [0.2, 0.25) is 0 Å². The summed E-state index contributed by atoms with van der Waals surface area (Å²) < 4.78 is 10.3. The third-order valence-corrected chi connectivity index (χ3v) is 4.19. The predicted octanol–water partition coefficient (Wildman–Crippen LogP) is 2.85. The Hall–Kier alpha value is -2.76. The van der Waals surface area contributed by atoms with Crippen molar-refractivity contribution in [1.82, 2.24) is 4.90 Å². The van der Waals surface area contributed by atoms with E-state index in [-0.39, 0.29) is 17.6 Å². The lowest BCUT2D eigenvalue weighted by molar-refractivity contribution is -0.145. The van der Waals surface area contributed by atoms with Gasteiger partial charge in [-0.2, -0.15) is 0 Å². The van der Waals surface area contributed by atoms with E-state index in [1.54, 1.807) is 18.2 Å². The molecular formula is C18H19NO5. The Morgan fingerprint density at radius 3 is 2.71 bits per heavy atom. The van der Waals surface area contributed by atoms with Crippen molar-refractivity contribution in [3.8, 4) is 5.75 Å². The molecule has 1 aliphatic carbocycles. The largest absolute Gasteiger partial charge is 0.508 e. The van der Waals surface area contributed by atoms with Gasteiger partial charge in [-0.1, -0.05) is 12.1 Å². The number of amides is 1. The number of nitrogens with zero attached hydrogens (tertiary/aromatic N) is 1. The summed E-state index contributed by atoms with van der Waals surface area (Å²) in [4.78, 5) is 26.4. The van der Waals surface area contributed by atoms with E-state index in [4.69, 9.17) is 9.15 Å². The van der Waals surface area contributed by atoms with E-state index >= 15 is 0 Å². The average molecular weight is 329 g/mol. The summed E-state index contributed by atoms with van der Waals surface area (Å²) in [6.45, 7) is 0. The van der Waals surface area contributed by atoms with E-state index in [2.05, 4.69) is 0 Å². The fourth-order valence-electron chi connectivity index (χ4n) is 2.79. The molecule has 0 spiro atoms. The third kappa shape index (κ3) is 2.99. The molecule has 3 rings (SSSR count). The van der Waals surface area contributed by atoms with E-state index in [0.717, 1.165) is 12.8 Å². The number of esters is 1. The SMILES string of the molecule is COC(=O)C(c1cccc(O)c1)N(C)C(=O)c1ccoc1C1CC1. The minimum Gasteiger partial charge on any atom is -0.508 e. The lowest BCUT2D eigenvalue weighted by Crippen LogP contribution is -2.36. The first-order chi connectivity index (χ1) is 11.5. The first-order valence-corrected chi connectivity index (χ1v) is 7.74. The summed E-state index contributed by atoms with van der Waals surface area (Å²) in [5.41, 5.74) is 0.947. The van der Waals surface area contributed by atoms with Crippen LogP contribution >= 0.6 is 0 Å². The van der Waals surface area contributed by atoms with E-state index in [1.807, 2.05) is 0 Å². The van der Waals surface area contributed by atoms with Crippen LogP contribution < -0.4 is 0 Å². The molecule has 1 heterocycles. The number of ether oxygens (including phenoxy) is 1. The van der Waals surface area contributed by atoms with Gasteiger partial charge in [0.25, 0.3) is 5.91 Å². The second kappa shape index (κ2) is 6.39. The lowest BCUT2D eigenvalue weighted by Gasteiger charge is -2.26. The fourth-order valence-corrected chi connectivity index (χ4v) is 2.79. The van der Waals surface area contributed by atoms with Crippen LogP contribution in [0.5, 0.6) is 5.75 Å². The molecule has 2 aromatic rings. The van der Waals surface area contributed by atoms with Crippen LogP contribution in [0.25, 0.3) is 0 Å². The minimum absolute atomic E-state index is 0.0178. The van der Waals surface area contributed by atoms with E-state index in [0.29, 0.717) is 16.9 Å². The maximum atomic E-state index is 12.9. The van der Waals surface area contributed by atoms with Gasteiger partial charge in [0.2, 0.25) is 0 Å². The van der Waals surface area contributed by atoms with E-state index in [1.165, 1.54) is 37.5 Å². The van der Waals surface area contributed by atoms with Gasteiger partial charge < -0.3 is 19.2 Å². The molecule has 0 aliphatic heterocycles. The number of furan rings is 1. The number of benzene rings is 1. The molecule has 1 saturated carbocycles. The highest BCUT2D eigenvalue weighted by atomic mass is 16.5. The second-order valence-electron chi connectivity index (χ2n) is 5.91. The summed E-state index contributed by atoms with van der Waals surface area (Å²) in [7, 11) is 2.81. The topological polar surface area (TPSA) is 80.0 Å². The summed E-state index contributed by atoms with van der Waals surface area (Å²) in [6, 6.07) is 6.91. The van der Waals surface area contributed by atoms with Gasteiger partial charge in [-0.25, -0.2) is 4.79 Å². The number of carbonyl (C=O) groups is 2. The Balaban J connectivity index is 1.93. The number of hydrogen-bond acceptors (Lipinski definition) is 5. The smallest absolute Gasteiger partial charge is 0.333 e. The molecule has 1 aromatic heterocycles. The zero-order valence-corrected chi connectivity index (χ0v) is 13.6. The highest BCUT2D eigenvalue weighted by molar-refractivity contribution is 5.98. The number of phenols is 1. The molecule has 1 unspecified atom stereocenters. The summed E-state index contributed by atoms with van der Waals surface area (Å²) in [5.74, 6) is 0.0811. The quantitative estimate of drug-likeness (QED) is 0.853. The molecule has 0 saturated heterocycles. The highest BCUT2D eigenvalue weighted by Gasteiger charge is 2.35. The predicted molar refractivity (Wildman–Crippen MR) is 85.6 cm³/mol. The second-order valence-corrected chi connectivity index (χ2v) is 5.91. The number of rotatable bonds is 5. The van der Waals surface area contributed by atoms with Crippen molar-refractivity contribution in [3.05, 3.63) is 53.5 Å². The van der Waals surface area contributed by atoms with Crippen LogP contribution in [0.4, 0.5) is 0 Å². The van der Waals surface area contributed by atoms with Gasteiger partial charge in [0.05, 0.1) is 18.9 Å². The van der Waals surface area contributed by atoms with Crippen molar-refractivity contribution < 1.29 is 23.8 Å². The van der Waals surface area contributed by atoms with Crippen LogP contribution in [0.15, 0.2) is 41.0 Å². The van der Waals surface area contributed by atoms with Crippen LogP contribution in [0, 0.1) is 0 Å². The van der Waals surface area contributed by atoms with Gasteiger partial charge >= 0.3 is 5.97 Å². The molecule has 0 radical (unpaired) electrons. The molecule has 1 aromatic carbocycles. The Morgan fingerprint density at radius 2 is 2.08 bits per heavy atom. The Kier molecular flexibility index (Phi) is 4.29. The summed E-state index contributed by atoms with van der Waals surface area (Å²) in [5, 5.41) is 9.68. The number of aromatic hydroxyl groups is 1. The molecule has 24 heavy (non-hydrogen) atoms. The molecule has 1 atom stereocenters. The van der Waals surface area contributed by atoms with Crippen molar-refractivity contribution in [1.29, 1.82) is 0 Å². The molecule has 1 N–H and O–H groups in total. The van der Waals surface area contributed by atoms with Crippen molar-refractivity contribution in [2.45, 2.75) is 24.8 Å². The standard InChI is InChI=1S/C18H19NO5/c1-19(17(21)14-8-9-24-16(14)11-6-7-11)15(18(22)23-2)12-4-3-5-13(20)10-12/h3-5,8-11,15,20H,6-7H2,1-2H3. The molecule has 1 amide bonds. The number of methoxy groups -OCH3 is 1. The number of likely N-dealkylation sites (N-methyl/N-ethyl adjacent to an activating group) is 1. The molecular weight excluding hydrogens is 310 g/mol. The third-order valence-electron chi connectivity index (χ3n) is 4.19. The van der Waals surface area contributed by atoms with Crippen LogP contribution in [-0.2, 0) is 9.53 Å². The number of hydrogen-bond donors (Lipinski definition) is 1. The summed E-state index contributed by atoms with van der Waals surface area (Å²) in [6.07, 6.45) is 3.51. The maximum Gasteiger partial charge on any atom is 0.333 e. The van der Waals surface area contributed by atoms with Crippen molar-refractivity contribution in [2.24, 2.45) is 0 Å². The van der Waals surface area contributed by atoms with Crippen molar-refractivity contribution in [3.63, 3.8) is 0 Å². The highest BCUT2D eigenvalue weighted by Crippen LogP contribution is 2.42. The molecule has 1 fully saturated rings. The van der Waals surface area contributed by atoms with Crippen LogP contribution in [0.1, 0.15) is 46.5 Å². The van der Waals surface area contributed by atoms with Crippen LogP contribution in [0.3, 0.4) is 0 Å². The number of phenolic OH excluding ortho intramolecular Hbond substituents is 1. The Bertz CT molecular complexity index is 762. The average Bonchev–Trinajstić information content (AvgIpc) is 3.31. The van der Waals surface area contributed by atoms with E-state index < -0.39 is 12.0 Å². The zero-order chi connectivity index (χ0) is 17.3. The normalized spacial score (nSPS) is 14.9. The first kappa shape index (κ1) is 16.1. The molecule has 6 heteroatoms. The minimum atomic E-state index is -0.948. The fraction of sp³-hybridized carbons (Fsp3) is 0.333. The monoisotopic (exact) mass is 329 g/mol. The Labute approximate surface area is 139 Å². The van der Waals surface area contributed by atoms with Gasteiger partial charge in [0.15, 0.2) is 6.04 Å². The maximum absolute atomic E-state index is 12.9. The summed E-state index contributed by atoms with van der Waals surface area (Å²) >= 11 is 0. The molecule has 126 valence electrons. The van der Waals surface area contributed by atoms with Gasteiger partial charge in [-0.3, -0.25) is 4.79 Å². The number of carbonyl (C=O) groups excluding carboxylic acids is 2. The first-order valence-electron chi connectivity index (χ1n) is 7.74. The van der Waals surface area contributed by atoms with Crippen LogP contribution in [-0.4, -0.2) is 36.0 Å². The zero-order valence-electron chi connectivity index (χ0n) is 13.6. The lowest BCUT2D eigenvalue weighted by atomic mass is 10.0. The Morgan fingerprint density at radius 1 is 1.33 bits per heavy atom. The van der Waals surface area contributed by atoms with Crippen molar-refractivity contribution >= 4 is 11.9 Å². The van der Waals surface area contributed by atoms with E-state index in [9.17, 15) is 14.7 Å². The van der Waals surface area contributed by atoms with Gasteiger partial charge in [-0.15, -0.1) is 0 Å². The van der Waals surface area contributed by atoms with Gasteiger partial charge in [0, 0.05) is 13.0 Å². The molecule has 0 bridgehead atoms. The molecule has 1 aliphatic rings. The van der Waals surface area contributed by atoms with Crippen molar-refractivity contribution in [2.75, 3.05) is 14.2 Å². The molecule has 6 nitrogen and oxygen atoms in total.